The number of aryl methyl sites for hydroxylation is 1. The molecule has 5 heteroatoms. The number of nitrogens with one attached hydrogen (secondary N) is 1. The number of aromatic nitrogens is 2. The minimum atomic E-state index is -0.598. The van der Waals surface area contributed by atoms with Gasteiger partial charge in [0, 0.05) is 24.7 Å². The van der Waals surface area contributed by atoms with Gasteiger partial charge in [-0.15, -0.1) is 0 Å². The molecule has 5 nitrogen and oxygen atoms in total. The number of carbonyl (C=O) groups excluding carboxylic acids is 1. The maximum Gasteiger partial charge on any atom is 0.232 e. The van der Waals surface area contributed by atoms with Gasteiger partial charge < -0.3 is 10.0 Å². The third-order valence-corrected chi connectivity index (χ3v) is 4.95. The molecule has 0 unspecified atom stereocenters. The summed E-state index contributed by atoms with van der Waals surface area (Å²) in [5.41, 5.74) is 2.35. The van der Waals surface area contributed by atoms with Crippen molar-refractivity contribution in [2.75, 3.05) is 13.1 Å². The highest BCUT2D eigenvalue weighted by molar-refractivity contribution is 5.87. The summed E-state index contributed by atoms with van der Waals surface area (Å²) in [7, 11) is 0. The molecule has 128 valence electrons. The molecule has 1 saturated heterocycles. The Hall–Kier alpha value is -2.14. The van der Waals surface area contributed by atoms with Crippen molar-refractivity contribution in [1.82, 2.24) is 15.1 Å². The molecule has 0 saturated carbocycles. The summed E-state index contributed by atoms with van der Waals surface area (Å²) in [5.74, 6) is 0.0941. The smallest absolute Gasteiger partial charge is 0.232 e. The summed E-state index contributed by atoms with van der Waals surface area (Å²) in [4.78, 5) is 14.8. The van der Waals surface area contributed by atoms with Crippen LogP contribution in [0.1, 0.15) is 30.8 Å². The molecule has 1 aliphatic heterocycles. The fourth-order valence-electron chi connectivity index (χ4n) is 3.44. The second kappa shape index (κ2) is 6.40. The summed E-state index contributed by atoms with van der Waals surface area (Å²) in [6, 6.07) is 11.8. The summed E-state index contributed by atoms with van der Waals surface area (Å²) in [5, 5.41) is 17.5. The Morgan fingerprint density at radius 1 is 1.33 bits per heavy atom. The van der Waals surface area contributed by atoms with Crippen LogP contribution < -0.4 is 0 Å². The second-order valence-electron chi connectivity index (χ2n) is 7.28. The summed E-state index contributed by atoms with van der Waals surface area (Å²) in [6.07, 6.45) is 0.179. The molecule has 24 heavy (non-hydrogen) atoms. The van der Waals surface area contributed by atoms with Crippen molar-refractivity contribution in [1.29, 1.82) is 0 Å². The number of H-pyrrole nitrogens is 1. The number of hydrogen-bond acceptors (Lipinski definition) is 3. The van der Waals surface area contributed by atoms with Crippen molar-refractivity contribution in [3.63, 3.8) is 0 Å². The normalized spacial score (nSPS) is 21.2. The third kappa shape index (κ3) is 3.22. The first-order chi connectivity index (χ1) is 11.4. The summed E-state index contributed by atoms with van der Waals surface area (Å²) in [6.45, 7) is 6.81. The number of aliphatic hydroxyl groups is 1. The Bertz CT molecular complexity index is 708. The van der Waals surface area contributed by atoms with E-state index in [2.05, 4.69) is 10.2 Å². The van der Waals surface area contributed by atoms with Crippen molar-refractivity contribution >= 4 is 5.91 Å². The van der Waals surface area contributed by atoms with Gasteiger partial charge in [-0.05, 0) is 38.8 Å². The van der Waals surface area contributed by atoms with Gasteiger partial charge in [-0.25, -0.2) is 0 Å². The van der Waals surface area contributed by atoms with Gasteiger partial charge in [-0.1, -0.05) is 30.3 Å². The van der Waals surface area contributed by atoms with E-state index < -0.39 is 11.5 Å². The maximum absolute atomic E-state index is 13.0. The molecule has 2 aromatic rings. The van der Waals surface area contributed by atoms with E-state index in [1.807, 2.05) is 57.2 Å². The highest BCUT2D eigenvalue weighted by atomic mass is 16.3. The molecule has 1 aromatic heterocycles. The average Bonchev–Trinajstić information content (AvgIpc) is 3.14. The molecule has 2 heterocycles. The number of nitrogens with zero attached hydrogens (tertiary/aromatic N) is 2. The van der Waals surface area contributed by atoms with Crippen molar-refractivity contribution in [3.05, 3.63) is 53.3 Å². The largest absolute Gasteiger partial charge is 0.391 e. The van der Waals surface area contributed by atoms with E-state index >= 15 is 0 Å². The van der Waals surface area contributed by atoms with Crippen LogP contribution in [0.4, 0.5) is 0 Å². The number of benzene rings is 1. The number of aliphatic hydroxyl groups excluding tert-OH is 1. The van der Waals surface area contributed by atoms with Crippen LogP contribution in [0, 0.1) is 12.8 Å². The van der Waals surface area contributed by atoms with Gasteiger partial charge in [0.05, 0.1) is 17.2 Å². The number of rotatable bonds is 4. The molecule has 0 aliphatic carbocycles. The topological polar surface area (TPSA) is 69.2 Å². The number of amides is 1. The molecule has 0 radical (unpaired) electrons. The minimum absolute atomic E-state index is 0.0308. The zero-order valence-electron chi connectivity index (χ0n) is 14.5. The van der Waals surface area contributed by atoms with E-state index in [1.54, 1.807) is 4.90 Å². The molecule has 0 spiro atoms. The molecular formula is C19H25N3O2. The Kier molecular flexibility index (Phi) is 4.45. The van der Waals surface area contributed by atoms with E-state index in [4.69, 9.17) is 0 Å². The van der Waals surface area contributed by atoms with Crippen LogP contribution in [-0.2, 0) is 16.6 Å². The number of hydrogen-bond donors (Lipinski definition) is 2. The first kappa shape index (κ1) is 16.7. The van der Waals surface area contributed by atoms with Gasteiger partial charge in [0.25, 0.3) is 0 Å². The lowest BCUT2D eigenvalue weighted by atomic mass is 9.83. The van der Waals surface area contributed by atoms with Gasteiger partial charge in [-0.2, -0.15) is 5.10 Å². The Labute approximate surface area is 142 Å². The van der Waals surface area contributed by atoms with Crippen LogP contribution in [0.5, 0.6) is 0 Å². The van der Waals surface area contributed by atoms with Crippen molar-refractivity contribution in [2.45, 2.75) is 38.7 Å². The predicted molar refractivity (Wildman–Crippen MR) is 92.6 cm³/mol. The van der Waals surface area contributed by atoms with E-state index in [0.717, 1.165) is 17.0 Å². The Balaban J connectivity index is 1.70. The first-order valence-corrected chi connectivity index (χ1v) is 8.42. The lowest BCUT2D eigenvalue weighted by Gasteiger charge is -2.29. The van der Waals surface area contributed by atoms with Crippen LogP contribution in [0.2, 0.25) is 0 Å². The molecule has 2 atom stereocenters. The van der Waals surface area contributed by atoms with Crippen molar-refractivity contribution < 1.29 is 9.90 Å². The SMILES string of the molecule is Cc1cc(C[C@@H]2CN(C(=O)C(C)(C)c3ccccc3)C[C@@H]2O)n[nH]1. The number of aromatic amines is 1. The molecule has 3 rings (SSSR count). The molecular weight excluding hydrogens is 302 g/mol. The standard InChI is InChI=1S/C19H25N3O2/c1-13-9-16(21-20-13)10-14-11-22(12-17(14)23)18(24)19(2,3)15-7-5-4-6-8-15/h4-9,14,17,23H,10-12H2,1-3H3,(H,20,21)/t14-,17+/m1/s1. The fraction of sp³-hybridized carbons (Fsp3) is 0.474. The zero-order chi connectivity index (χ0) is 17.3. The third-order valence-electron chi connectivity index (χ3n) is 4.95. The van der Waals surface area contributed by atoms with Gasteiger partial charge in [0.1, 0.15) is 0 Å². The van der Waals surface area contributed by atoms with Crippen LogP contribution in [-0.4, -0.2) is 45.3 Å². The van der Waals surface area contributed by atoms with Gasteiger partial charge in [-0.3, -0.25) is 9.89 Å². The van der Waals surface area contributed by atoms with Crippen LogP contribution in [0.3, 0.4) is 0 Å². The maximum atomic E-state index is 13.0. The van der Waals surface area contributed by atoms with Crippen LogP contribution in [0.15, 0.2) is 36.4 Å². The van der Waals surface area contributed by atoms with E-state index in [9.17, 15) is 9.90 Å². The van der Waals surface area contributed by atoms with Crippen LogP contribution in [0.25, 0.3) is 0 Å². The summed E-state index contributed by atoms with van der Waals surface area (Å²) >= 11 is 0. The molecule has 0 bridgehead atoms. The molecule has 1 fully saturated rings. The predicted octanol–water partition coefficient (Wildman–Crippen LogP) is 2.06. The fourth-order valence-corrected chi connectivity index (χ4v) is 3.44. The lowest BCUT2D eigenvalue weighted by molar-refractivity contribution is -0.135. The first-order valence-electron chi connectivity index (χ1n) is 8.42. The highest BCUT2D eigenvalue weighted by Crippen LogP contribution is 2.29. The van der Waals surface area contributed by atoms with Gasteiger partial charge in [0.15, 0.2) is 0 Å². The molecule has 1 aromatic carbocycles. The molecule has 1 aliphatic rings. The van der Waals surface area contributed by atoms with E-state index in [1.165, 1.54) is 0 Å². The van der Waals surface area contributed by atoms with Gasteiger partial charge >= 0.3 is 0 Å². The number of β-amino-alcohol motifs (C(OH)–C–C–N with tert-alkyl or cyclic N) is 1. The van der Waals surface area contributed by atoms with Crippen LogP contribution >= 0.6 is 0 Å². The van der Waals surface area contributed by atoms with E-state index in [-0.39, 0.29) is 11.8 Å². The quantitative estimate of drug-likeness (QED) is 0.903. The summed E-state index contributed by atoms with van der Waals surface area (Å²) < 4.78 is 0. The second-order valence-corrected chi connectivity index (χ2v) is 7.28. The van der Waals surface area contributed by atoms with Gasteiger partial charge in [0.2, 0.25) is 5.91 Å². The lowest BCUT2D eigenvalue weighted by Crippen LogP contribution is -2.42. The van der Waals surface area contributed by atoms with E-state index in [0.29, 0.717) is 19.5 Å². The van der Waals surface area contributed by atoms with Crippen molar-refractivity contribution in [3.8, 4) is 0 Å². The highest BCUT2D eigenvalue weighted by Gasteiger charge is 2.40. The van der Waals surface area contributed by atoms with Crippen molar-refractivity contribution in [2.24, 2.45) is 5.92 Å². The monoisotopic (exact) mass is 327 g/mol. The number of likely N-dealkylation sites (tertiary alicyclic amines) is 1. The Morgan fingerprint density at radius 3 is 2.67 bits per heavy atom. The molecule has 1 amide bonds. The number of carbonyl (C=O) groups is 1. The minimum Gasteiger partial charge on any atom is -0.391 e. The average molecular weight is 327 g/mol. The zero-order valence-corrected chi connectivity index (χ0v) is 14.5. The Morgan fingerprint density at radius 2 is 2.04 bits per heavy atom. The molecule has 2 N–H and O–H groups in total.